The predicted molar refractivity (Wildman–Crippen MR) is 112 cm³/mol. The Hall–Kier alpha value is -3.32. The first kappa shape index (κ1) is 21.4. The fraction of sp³-hybridized carbons (Fsp3) is 0.304. The fourth-order valence-corrected chi connectivity index (χ4v) is 3.70. The maximum atomic E-state index is 13.0. The van der Waals surface area contributed by atoms with Gasteiger partial charge in [0.1, 0.15) is 17.3 Å². The lowest BCUT2D eigenvalue weighted by Crippen LogP contribution is -2.32. The lowest BCUT2D eigenvalue weighted by Gasteiger charge is -2.26. The molecule has 158 valence electrons. The number of hydrogen-bond acceptors (Lipinski definition) is 6. The van der Waals surface area contributed by atoms with E-state index in [1.165, 1.54) is 19.1 Å². The van der Waals surface area contributed by atoms with E-state index in [2.05, 4.69) is 0 Å². The highest BCUT2D eigenvalue weighted by Crippen LogP contribution is 2.42. The van der Waals surface area contributed by atoms with E-state index in [1.54, 1.807) is 49.6 Å². The Morgan fingerprint density at radius 1 is 1.03 bits per heavy atom. The van der Waals surface area contributed by atoms with Crippen LogP contribution in [0.15, 0.2) is 48.0 Å². The topological polar surface area (TPSA) is 85.3 Å². The Balaban J connectivity index is 2.21. The van der Waals surface area contributed by atoms with Crippen LogP contribution < -0.4 is 9.47 Å². The zero-order chi connectivity index (χ0) is 21.8. The normalized spacial score (nSPS) is 18.0. The molecule has 0 spiro atoms. The van der Waals surface area contributed by atoms with Gasteiger partial charge in [-0.3, -0.25) is 9.59 Å². The van der Waals surface area contributed by atoms with Crippen LogP contribution in [0.3, 0.4) is 0 Å². The molecule has 30 heavy (non-hydrogen) atoms. The minimum Gasteiger partial charge on any atom is -0.507 e. The molecule has 1 aliphatic heterocycles. The summed E-state index contributed by atoms with van der Waals surface area (Å²) in [5.41, 5.74) is 1.86. The number of rotatable bonds is 7. The highest BCUT2D eigenvalue weighted by Gasteiger charge is 2.46. The van der Waals surface area contributed by atoms with Crippen LogP contribution in [0.2, 0.25) is 0 Å². The Bertz CT molecular complexity index is 997. The highest BCUT2D eigenvalue weighted by molar-refractivity contribution is 6.46. The lowest BCUT2D eigenvalue weighted by atomic mass is 9.94. The molecular weight excluding hydrogens is 386 g/mol. The maximum Gasteiger partial charge on any atom is 0.295 e. The van der Waals surface area contributed by atoms with Crippen LogP contribution in [0.5, 0.6) is 11.5 Å². The van der Waals surface area contributed by atoms with Gasteiger partial charge in [0.05, 0.1) is 32.4 Å². The van der Waals surface area contributed by atoms with Crippen LogP contribution in [-0.2, 0) is 14.3 Å². The molecular formula is C23H25NO6. The number of Topliss-reactive ketones (excluding diaryl/α,β-unsaturated/α-hetero) is 1. The molecule has 0 saturated carbocycles. The number of aliphatic hydroxyl groups excluding tert-OH is 1. The predicted octanol–water partition coefficient (Wildman–Crippen LogP) is 3.08. The molecule has 0 bridgehead atoms. The summed E-state index contributed by atoms with van der Waals surface area (Å²) in [4.78, 5) is 27.2. The fourth-order valence-electron chi connectivity index (χ4n) is 3.70. The number of ketones is 1. The highest BCUT2D eigenvalue weighted by atomic mass is 16.5. The van der Waals surface area contributed by atoms with Crippen LogP contribution in [-0.4, -0.2) is 56.2 Å². The number of nitrogens with zero attached hydrogens (tertiary/aromatic N) is 1. The number of likely N-dealkylation sites (tertiary alicyclic amines) is 1. The molecule has 7 heteroatoms. The van der Waals surface area contributed by atoms with Gasteiger partial charge in [0.2, 0.25) is 0 Å². The van der Waals surface area contributed by atoms with Crippen molar-refractivity contribution in [2.45, 2.75) is 13.0 Å². The van der Waals surface area contributed by atoms with Gasteiger partial charge in [0.25, 0.3) is 11.7 Å². The number of aliphatic hydroxyl groups is 1. The Kier molecular flexibility index (Phi) is 6.42. The molecule has 0 aliphatic carbocycles. The van der Waals surface area contributed by atoms with Crippen molar-refractivity contribution in [3.8, 4) is 11.5 Å². The van der Waals surface area contributed by atoms with Crippen LogP contribution >= 0.6 is 0 Å². The number of carbonyl (C=O) groups excluding carboxylic acids is 2. The van der Waals surface area contributed by atoms with E-state index < -0.39 is 17.7 Å². The minimum atomic E-state index is -0.793. The van der Waals surface area contributed by atoms with Crippen molar-refractivity contribution in [1.29, 1.82) is 0 Å². The molecule has 2 aromatic carbocycles. The zero-order valence-electron chi connectivity index (χ0n) is 17.5. The second-order valence-corrected chi connectivity index (χ2v) is 6.91. The summed E-state index contributed by atoms with van der Waals surface area (Å²) in [5.74, 6) is -0.491. The molecule has 1 N–H and O–H groups in total. The van der Waals surface area contributed by atoms with Gasteiger partial charge in [-0.05, 0) is 36.8 Å². The molecule has 0 radical (unpaired) electrons. The number of para-hydroxylation sites is 1. The number of aryl methyl sites for hydroxylation is 1. The average Bonchev–Trinajstić information content (AvgIpc) is 3.01. The number of amides is 1. The van der Waals surface area contributed by atoms with Crippen molar-refractivity contribution in [2.75, 3.05) is 34.5 Å². The lowest BCUT2D eigenvalue weighted by molar-refractivity contribution is -0.140. The summed E-state index contributed by atoms with van der Waals surface area (Å²) in [6.45, 7) is 2.28. The first-order valence-corrected chi connectivity index (χ1v) is 9.49. The van der Waals surface area contributed by atoms with E-state index in [-0.39, 0.29) is 24.5 Å². The molecule has 1 heterocycles. The molecule has 1 aliphatic rings. The molecule has 0 aromatic heterocycles. The second kappa shape index (κ2) is 9.00. The van der Waals surface area contributed by atoms with E-state index in [4.69, 9.17) is 14.2 Å². The van der Waals surface area contributed by atoms with E-state index in [0.29, 0.717) is 22.6 Å². The van der Waals surface area contributed by atoms with Crippen molar-refractivity contribution in [3.63, 3.8) is 0 Å². The van der Waals surface area contributed by atoms with Gasteiger partial charge in [-0.15, -0.1) is 0 Å². The summed E-state index contributed by atoms with van der Waals surface area (Å²) in [5, 5.41) is 11.1. The van der Waals surface area contributed by atoms with Crippen LogP contribution in [0.1, 0.15) is 22.7 Å². The van der Waals surface area contributed by atoms with E-state index in [1.807, 2.05) is 6.92 Å². The molecule has 2 aromatic rings. The van der Waals surface area contributed by atoms with Crippen molar-refractivity contribution >= 4 is 17.4 Å². The van der Waals surface area contributed by atoms with Gasteiger partial charge in [0.15, 0.2) is 0 Å². The average molecular weight is 411 g/mol. The summed E-state index contributed by atoms with van der Waals surface area (Å²) < 4.78 is 15.9. The molecule has 1 fully saturated rings. The Morgan fingerprint density at radius 2 is 1.73 bits per heavy atom. The van der Waals surface area contributed by atoms with Crippen LogP contribution in [0, 0.1) is 6.92 Å². The first-order valence-electron chi connectivity index (χ1n) is 9.49. The monoisotopic (exact) mass is 411 g/mol. The molecule has 3 rings (SSSR count). The summed E-state index contributed by atoms with van der Waals surface area (Å²) in [6.07, 6.45) is 0. The van der Waals surface area contributed by atoms with Crippen LogP contribution in [0.4, 0.5) is 0 Å². The van der Waals surface area contributed by atoms with Crippen molar-refractivity contribution in [3.05, 3.63) is 64.7 Å². The second-order valence-electron chi connectivity index (χ2n) is 6.91. The van der Waals surface area contributed by atoms with Crippen molar-refractivity contribution in [2.24, 2.45) is 0 Å². The van der Waals surface area contributed by atoms with Gasteiger partial charge in [-0.25, -0.2) is 0 Å². The third kappa shape index (κ3) is 3.76. The standard InChI is InChI=1S/C23H25NO6/c1-14-13-15(9-10-17(14)29-3)21(25)19-20(16-7-5-6-8-18(16)30-4)24(11-12-28-2)23(27)22(19)26/h5-10,13,20,25H,11-12H2,1-4H3. The third-order valence-corrected chi connectivity index (χ3v) is 5.18. The SMILES string of the molecule is COCCN1C(=O)C(=O)C(=C(O)c2ccc(OC)c(C)c2)C1c1ccccc1OC. The number of ether oxygens (including phenoxy) is 3. The third-order valence-electron chi connectivity index (χ3n) is 5.18. The van der Waals surface area contributed by atoms with Gasteiger partial charge in [-0.2, -0.15) is 0 Å². The molecule has 1 saturated heterocycles. The maximum absolute atomic E-state index is 13.0. The van der Waals surface area contributed by atoms with E-state index >= 15 is 0 Å². The van der Waals surface area contributed by atoms with Gasteiger partial charge >= 0.3 is 0 Å². The summed E-state index contributed by atoms with van der Waals surface area (Å²) in [7, 11) is 4.60. The quantitative estimate of drug-likeness (QED) is 0.428. The molecule has 1 atom stereocenters. The number of methoxy groups -OCH3 is 3. The summed E-state index contributed by atoms with van der Waals surface area (Å²) >= 11 is 0. The smallest absolute Gasteiger partial charge is 0.295 e. The Labute approximate surface area is 175 Å². The molecule has 1 amide bonds. The number of benzene rings is 2. The zero-order valence-corrected chi connectivity index (χ0v) is 17.5. The van der Waals surface area contributed by atoms with E-state index in [0.717, 1.165) is 5.56 Å². The largest absolute Gasteiger partial charge is 0.507 e. The number of carbonyl (C=O) groups is 2. The first-order chi connectivity index (χ1) is 14.4. The Morgan fingerprint density at radius 3 is 2.37 bits per heavy atom. The molecule has 1 unspecified atom stereocenters. The van der Waals surface area contributed by atoms with Gasteiger partial charge in [0, 0.05) is 24.8 Å². The van der Waals surface area contributed by atoms with Crippen LogP contribution in [0.25, 0.3) is 5.76 Å². The van der Waals surface area contributed by atoms with Gasteiger partial charge in [-0.1, -0.05) is 18.2 Å². The van der Waals surface area contributed by atoms with Crippen molar-refractivity contribution in [1.82, 2.24) is 4.90 Å². The van der Waals surface area contributed by atoms with E-state index in [9.17, 15) is 14.7 Å². The number of hydrogen-bond donors (Lipinski definition) is 1. The minimum absolute atomic E-state index is 0.0187. The van der Waals surface area contributed by atoms with Gasteiger partial charge < -0.3 is 24.2 Å². The summed E-state index contributed by atoms with van der Waals surface area (Å²) in [6, 6.07) is 11.4. The molecule has 7 nitrogen and oxygen atoms in total. The van der Waals surface area contributed by atoms with Crippen molar-refractivity contribution < 1.29 is 28.9 Å².